The van der Waals surface area contributed by atoms with Gasteiger partial charge in [-0.1, -0.05) is 47.1 Å². The van der Waals surface area contributed by atoms with Crippen molar-refractivity contribution in [3.8, 4) is 0 Å². The molecule has 5 nitrogen and oxygen atoms in total. The zero-order chi connectivity index (χ0) is 21.3. The minimum Gasteiger partial charge on any atom is -0.449 e. The molecule has 0 spiro atoms. The second-order valence-corrected chi connectivity index (χ2v) is 9.12. The number of nitrogens with zero attached hydrogens (tertiary/aromatic N) is 1. The summed E-state index contributed by atoms with van der Waals surface area (Å²) in [4.78, 5) is 27.0. The molecule has 1 aliphatic heterocycles. The van der Waals surface area contributed by atoms with E-state index in [0.29, 0.717) is 20.9 Å². The minimum atomic E-state index is -0.484. The van der Waals surface area contributed by atoms with Crippen LogP contribution in [0.3, 0.4) is 0 Å². The first-order valence-electron chi connectivity index (χ1n) is 8.71. The van der Waals surface area contributed by atoms with Gasteiger partial charge in [0.2, 0.25) is 0 Å². The number of urea groups is 1. The van der Waals surface area contributed by atoms with Crippen molar-refractivity contribution in [2.45, 2.75) is 16.5 Å². The van der Waals surface area contributed by atoms with Crippen molar-refractivity contribution in [3.05, 3.63) is 86.1 Å². The summed E-state index contributed by atoms with van der Waals surface area (Å²) in [5.41, 5.74) is 0.949. The smallest absolute Gasteiger partial charge is 0.329 e. The van der Waals surface area contributed by atoms with Gasteiger partial charge in [0.25, 0.3) is 5.91 Å². The molecule has 1 aromatic heterocycles. The highest BCUT2D eigenvalue weighted by Crippen LogP contribution is 2.37. The van der Waals surface area contributed by atoms with Gasteiger partial charge in [-0.3, -0.25) is 9.69 Å². The van der Waals surface area contributed by atoms with Crippen molar-refractivity contribution in [1.82, 2.24) is 10.2 Å². The molecule has 0 atom stereocenters. The van der Waals surface area contributed by atoms with Crippen molar-refractivity contribution >= 4 is 68.9 Å². The lowest BCUT2D eigenvalue weighted by Crippen LogP contribution is -2.30. The van der Waals surface area contributed by atoms with Crippen LogP contribution < -0.4 is 5.32 Å². The molecule has 1 saturated heterocycles. The van der Waals surface area contributed by atoms with Crippen molar-refractivity contribution in [2.75, 3.05) is 0 Å². The van der Waals surface area contributed by atoms with E-state index in [4.69, 9.17) is 27.6 Å². The highest BCUT2D eigenvalue weighted by molar-refractivity contribution is 9.10. The zero-order valence-corrected chi connectivity index (χ0v) is 19.1. The third-order valence-electron chi connectivity index (χ3n) is 4.20. The monoisotopic (exact) mass is 522 g/mol. The minimum absolute atomic E-state index is 0.151. The predicted octanol–water partition coefficient (Wildman–Crippen LogP) is 6.59. The number of hydrogen-bond acceptors (Lipinski definition) is 4. The Hall–Kier alpha value is -2.19. The number of rotatable bonds is 5. The summed E-state index contributed by atoms with van der Waals surface area (Å²) in [5, 5.41) is 4.46. The van der Waals surface area contributed by atoms with E-state index in [2.05, 4.69) is 21.2 Å². The fourth-order valence-electron chi connectivity index (χ4n) is 2.75. The van der Waals surface area contributed by atoms with Crippen LogP contribution in [-0.2, 0) is 11.3 Å². The van der Waals surface area contributed by atoms with Crippen LogP contribution in [0.5, 0.6) is 0 Å². The van der Waals surface area contributed by atoms with E-state index in [9.17, 15) is 9.59 Å². The van der Waals surface area contributed by atoms with Crippen LogP contribution in [0.25, 0.3) is 6.08 Å². The molecule has 2 aromatic carbocycles. The SMILES string of the molecule is O=C1N/C(=C\c2cc(Br)c(Sc3ccc(Cl)cc3)o2)C(=O)N1Cc1ccc(Cl)cc1. The standard InChI is InChI=1S/C21H13BrCl2N2O3S/c22-17-9-15(29-20(17)30-16-7-5-14(24)6-8-16)10-18-19(27)26(21(28)25-18)11-12-1-3-13(23)4-2-12/h1-10H,11H2,(H,25,28)/b18-10-. The summed E-state index contributed by atoms with van der Waals surface area (Å²) < 4.78 is 6.57. The Labute approximate surface area is 195 Å². The molecule has 9 heteroatoms. The van der Waals surface area contributed by atoms with E-state index < -0.39 is 11.9 Å². The molecule has 2 heterocycles. The first-order chi connectivity index (χ1) is 14.4. The van der Waals surface area contributed by atoms with E-state index >= 15 is 0 Å². The van der Waals surface area contributed by atoms with E-state index in [0.717, 1.165) is 19.8 Å². The van der Waals surface area contributed by atoms with Gasteiger partial charge in [-0.15, -0.1) is 0 Å². The van der Waals surface area contributed by atoms with Crippen molar-refractivity contribution in [2.24, 2.45) is 0 Å². The van der Waals surface area contributed by atoms with Crippen LogP contribution in [0.2, 0.25) is 10.0 Å². The van der Waals surface area contributed by atoms with Gasteiger partial charge in [-0.2, -0.15) is 0 Å². The number of carbonyl (C=O) groups excluding carboxylic acids is 2. The normalized spacial score (nSPS) is 15.2. The summed E-state index contributed by atoms with van der Waals surface area (Å²) in [6.45, 7) is 0.151. The van der Waals surface area contributed by atoms with Gasteiger partial charge in [0.05, 0.1) is 11.0 Å². The van der Waals surface area contributed by atoms with E-state index in [1.165, 1.54) is 17.8 Å². The average molecular weight is 524 g/mol. The lowest BCUT2D eigenvalue weighted by Gasteiger charge is -2.11. The summed E-state index contributed by atoms with van der Waals surface area (Å²) in [5.74, 6) is 0.0182. The van der Waals surface area contributed by atoms with Crippen LogP contribution in [0, 0.1) is 0 Å². The topological polar surface area (TPSA) is 62.6 Å². The number of furan rings is 1. The number of benzene rings is 2. The largest absolute Gasteiger partial charge is 0.449 e. The molecule has 0 saturated carbocycles. The molecule has 30 heavy (non-hydrogen) atoms. The fourth-order valence-corrected chi connectivity index (χ4v) is 4.33. The zero-order valence-electron chi connectivity index (χ0n) is 15.2. The molecule has 0 radical (unpaired) electrons. The van der Waals surface area contributed by atoms with Crippen molar-refractivity contribution < 1.29 is 14.0 Å². The third kappa shape index (κ3) is 4.75. The summed E-state index contributed by atoms with van der Waals surface area (Å²) in [6.07, 6.45) is 1.51. The molecule has 152 valence electrons. The number of halogens is 3. The average Bonchev–Trinajstić information content (AvgIpc) is 3.19. The summed E-state index contributed by atoms with van der Waals surface area (Å²) in [6, 6.07) is 15.6. The summed E-state index contributed by atoms with van der Waals surface area (Å²) >= 11 is 16.7. The van der Waals surface area contributed by atoms with Gasteiger partial charge in [-0.05, 0) is 64.0 Å². The number of imide groups is 1. The summed E-state index contributed by atoms with van der Waals surface area (Å²) in [7, 11) is 0. The predicted molar refractivity (Wildman–Crippen MR) is 120 cm³/mol. The van der Waals surface area contributed by atoms with Gasteiger partial charge in [-0.25, -0.2) is 4.79 Å². The van der Waals surface area contributed by atoms with Crippen LogP contribution in [0.1, 0.15) is 11.3 Å². The maximum atomic E-state index is 12.7. The second kappa shape index (κ2) is 8.89. The van der Waals surface area contributed by atoms with Gasteiger partial charge in [0.1, 0.15) is 11.5 Å². The maximum Gasteiger partial charge on any atom is 0.329 e. The molecular weight excluding hydrogens is 511 g/mol. The Morgan fingerprint density at radius 1 is 1.03 bits per heavy atom. The second-order valence-electron chi connectivity index (χ2n) is 6.35. The Bertz CT molecular complexity index is 1140. The molecule has 0 unspecified atom stereocenters. The van der Waals surface area contributed by atoms with Crippen LogP contribution >= 0.6 is 50.9 Å². The van der Waals surface area contributed by atoms with E-state index in [1.807, 2.05) is 12.1 Å². The number of hydrogen-bond donors (Lipinski definition) is 1. The molecular formula is C21H13BrCl2N2O3S. The van der Waals surface area contributed by atoms with Crippen molar-refractivity contribution in [3.63, 3.8) is 0 Å². The van der Waals surface area contributed by atoms with Gasteiger partial charge >= 0.3 is 6.03 Å². The lowest BCUT2D eigenvalue weighted by molar-refractivity contribution is -0.123. The Balaban J connectivity index is 1.50. The molecule has 1 N–H and O–H groups in total. The molecule has 1 aliphatic rings. The number of amides is 3. The van der Waals surface area contributed by atoms with Gasteiger partial charge in [0.15, 0.2) is 5.09 Å². The molecule has 1 fully saturated rings. The maximum absolute atomic E-state index is 12.7. The van der Waals surface area contributed by atoms with Gasteiger partial charge in [0, 0.05) is 21.0 Å². The Morgan fingerprint density at radius 3 is 2.33 bits per heavy atom. The van der Waals surface area contributed by atoms with Crippen LogP contribution in [-0.4, -0.2) is 16.8 Å². The van der Waals surface area contributed by atoms with Crippen molar-refractivity contribution in [1.29, 1.82) is 0 Å². The third-order valence-corrected chi connectivity index (χ3v) is 6.55. The molecule has 3 aromatic rings. The van der Waals surface area contributed by atoms with Gasteiger partial charge < -0.3 is 9.73 Å². The fraction of sp³-hybridized carbons (Fsp3) is 0.0476. The molecule has 0 bridgehead atoms. The highest BCUT2D eigenvalue weighted by atomic mass is 79.9. The Morgan fingerprint density at radius 2 is 1.67 bits per heavy atom. The first kappa shape index (κ1) is 21.1. The lowest BCUT2D eigenvalue weighted by atomic mass is 10.2. The quantitative estimate of drug-likeness (QED) is 0.302. The molecule has 3 amide bonds. The molecule has 4 rings (SSSR count). The number of nitrogens with one attached hydrogen (secondary N) is 1. The number of carbonyl (C=O) groups is 2. The highest BCUT2D eigenvalue weighted by Gasteiger charge is 2.33. The van der Waals surface area contributed by atoms with Crippen LogP contribution in [0.4, 0.5) is 4.79 Å². The van der Waals surface area contributed by atoms with E-state index in [1.54, 1.807) is 42.5 Å². The first-order valence-corrected chi connectivity index (χ1v) is 11.1. The van der Waals surface area contributed by atoms with E-state index in [-0.39, 0.29) is 12.2 Å². The Kier molecular flexibility index (Phi) is 6.24. The van der Waals surface area contributed by atoms with Crippen LogP contribution in [0.15, 0.2) is 79.2 Å². The molecule has 0 aliphatic carbocycles.